The van der Waals surface area contributed by atoms with Crippen LogP contribution in [0.25, 0.3) is 0 Å². The average Bonchev–Trinajstić information content (AvgIpc) is 3.13. The number of aromatic nitrogens is 2. The fraction of sp³-hybridized carbons (Fsp3) is 0.864. The van der Waals surface area contributed by atoms with E-state index in [-0.39, 0.29) is 18.3 Å². The maximum absolute atomic E-state index is 12.4. The summed E-state index contributed by atoms with van der Waals surface area (Å²) in [4.78, 5) is 17.0. The van der Waals surface area contributed by atoms with E-state index in [1.165, 1.54) is 38.5 Å². The molecule has 0 aliphatic heterocycles. The van der Waals surface area contributed by atoms with Crippen molar-refractivity contribution < 1.29 is 18.8 Å². The van der Waals surface area contributed by atoms with E-state index in [1.54, 1.807) is 7.11 Å². The predicted molar refractivity (Wildman–Crippen MR) is 112 cm³/mol. The molecule has 1 heterocycles. The minimum absolute atomic E-state index is 0.0892. The van der Waals surface area contributed by atoms with Crippen molar-refractivity contribution in [3.63, 3.8) is 0 Å². The standard InChI is InChI=1S/C22H39N3O4/c1-22(2,3)28-20(26)15-18(12-8-11-17-9-6-5-7-10-17)21-24-19(25-29-21)16-23-13-14-27-4/h17-18,23H,5-16H2,1-4H3. The van der Waals surface area contributed by atoms with Gasteiger partial charge in [-0.15, -0.1) is 0 Å². The molecule has 0 spiro atoms. The molecule has 7 nitrogen and oxygen atoms in total. The molecule has 0 saturated heterocycles. The maximum Gasteiger partial charge on any atom is 0.307 e. The summed E-state index contributed by atoms with van der Waals surface area (Å²) < 4.78 is 16.1. The maximum atomic E-state index is 12.4. The van der Waals surface area contributed by atoms with Crippen molar-refractivity contribution >= 4 is 5.97 Å². The van der Waals surface area contributed by atoms with Gasteiger partial charge in [0.25, 0.3) is 0 Å². The molecule has 1 aromatic rings. The molecule has 2 rings (SSSR count). The topological polar surface area (TPSA) is 86.5 Å². The summed E-state index contributed by atoms with van der Waals surface area (Å²) in [7, 11) is 1.67. The third-order valence-corrected chi connectivity index (χ3v) is 5.32. The van der Waals surface area contributed by atoms with Crippen LogP contribution in [0.2, 0.25) is 0 Å². The molecule has 1 aliphatic rings. The zero-order valence-electron chi connectivity index (χ0n) is 18.7. The lowest BCUT2D eigenvalue weighted by Gasteiger charge is -2.23. The Morgan fingerprint density at radius 1 is 1.28 bits per heavy atom. The summed E-state index contributed by atoms with van der Waals surface area (Å²) in [5.41, 5.74) is -0.491. The number of hydrogen-bond donors (Lipinski definition) is 1. The summed E-state index contributed by atoms with van der Waals surface area (Å²) in [6, 6.07) is 0. The van der Waals surface area contributed by atoms with Crippen molar-refractivity contribution in [1.82, 2.24) is 15.5 Å². The van der Waals surface area contributed by atoms with E-state index in [2.05, 4.69) is 15.5 Å². The van der Waals surface area contributed by atoms with Gasteiger partial charge in [-0.05, 0) is 33.1 Å². The van der Waals surface area contributed by atoms with Crippen LogP contribution < -0.4 is 5.32 Å². The minimum atomic E-state index is -0.491. The highest BCUT2D eigenvalue weighted by Gasteiger charge is 2.26. The smallest absolute Gasteiger partial charge is 0.307 e. The van der Waals surface area contributed by atoms with E-state index in [1.807, 2.05) is 20.8 Å². The Morgan fingerprint density at radius 3 is 2.72 bits per heavy atom. The molecule has 1 aromatic heterocycles. The first-order chi connectivity index (χ1) is 13.9. The van der Waals surface area contributed by atoms with Crippen LogP contribution in [0.3, 0.4) is 0 Å². The molecular weight excluding hydrogens is 370 g/mol. The normalized spacial score (nSPS) is 16.7. The summed E-state index contributed by atoms with van der Waals surface area (Å²) in [5, 5.41) is 7.28. The van der Waals surface area contributed by atoms with Gasteiger partial charge < -0.3 is 19.3 Å². The van der Waals surface area contributed by atoms with Crippen LogP contribution in [0.5, 0.6) is 0 Å². The fourth-order valence-corrected chi connectivity index (χ4v) is 3.91. The molecule has 7 heteroatoms. The number of nitrogens with zero attached hydrogens (tertiary/aromatic N) is 2. The zero-order valence-corrected chi connectivity index (χ0v) is 18.7. The van der Waals surface area contributed by atoms with Crippen LogP contribution >= 0.6 is 0 Å². The van der Waals surface area contributed by atoms with Gasteiger partial charge in [0.05, 0.1) is 19.6 Å². The zero-order chi connectivity index (χ0) is 21.1. The molecule has 1 atom stereocenters. The Morgan fingerprint density at radius 2 is 2.03 bits per heavy atom. The lowest BCUT2D eigenvalue weighted by atomic mass is 9.84. The van der Waals surface area contributed by atoms with Crippen LogP contribution in [0.1, 0.15) is 96.2 Å². The Balaban J connectivity index is 1.91. The van der Waals surface area contributed by atoms with E-state index in [0.29, 0.717) is 24.9 Å². The van der Waals surface area contributed by atoms with E-state index >= 15 is 0 Å². The first kappa shape index (κ1) is 23.8. The quantitative estimate of drug-likeness (QED) is 0.405. The molecule has 1 unspecified atom stereocenters. The van der Waals surface area contributed by atoms with Crippen LogP contribution in [0.15, 0.2) is 4.52 Å². The monoisotopic (exact) mass is 409 g/mol. The Labute approximate surface area is 175 Å². The molecule has 0 aromatic carbocycles. The molecule has 166 valence electrons. The minimum Gasteiger partial charge on any atom is -0.460 e. The Bertz CT molecular complexity index is 591. The van der Waals surface area contributed by atoms with E-state index < -0.39 is 5.60 Å². The Hall–Kier alpha value is -1.47. The summed E-state index contributed by atoms with van der Waals surface area (Å²) >= 11 is 0. The van der Waals surface area contributed by atoms with Crippen LogP contribution in [-0.2, 0) is 20.8 Å². The molecule has 0 radical (unpaired) electrons. The average molecular weight is 410 g/mol. The first-order valence-corrected chi connectivity index (χ1v) is 11.1. The van der Waals surface area contributed by atoms with E-state index in [4.69, 9.17) is 14.0 Å². The summed E-state index contributed by atoms with van der Waals surface area (Å²) in [6.07, 6.45) is 10.2. The van der Waals surface area contributed by atoms with Crippen molar-refractivity contribution in [3.05, 3.63) is 11.7 Å². The van der Waals surface area contributed by atoms with Gasteiger partial charge in [-0.3, -0.25) is 4.79 Å². The molecular formula is C22H39N3O4. The van der Waals surface area contributed by atoms with Gasteiger partial charge in [0.2, 0.25) is 5.89 Å². The molecule has 1 saturated carbocycles. The van der Waals surface area contributed by atoms with Crippen LogP contribution in [0, 0.1) is 5.92 Å². The molecule has 0 amide bonds. The lowest BCUT2D eigenvalue weighted by molar-refractivity contribution is -0.155. The SMILES string of the molecule is COCCNCc1noc(C(CCCC2CCCCC2)CC(=O)OC(C)(C)C)n1. The van der Waals surface area contributed by atoms with Crippen molar-refractivity contribution in [1.29, 1.82) is 0 Å². The molecule has 0 bridgehead atoms. The number of rotatable bonds is 12. The molecule has 1 N–H and O–H groups in total. The second kappa shape index (κ2) is 12.3. The van der Waals surface area contributed by atoms with Crippen molar-refractivity contribution in [3.8, 4) is 0 Å². The number of hydrogen-bond acceptors (Lipinski definition) is 7. The van der Waals surface area contributed by atoms with Gasteiger partial charge in [-0.1, -0.05) is 50.1 Å². The second-order valence-corrected chi connectivity index (χ2v) is 9.14. The van der Waals surface area contributed by atoms with Gasteiger partial charge >= 0.3 is 5.97 Å². The van der Waals surface area contributed by atoms with Crippen molar-refractivity contribution in [2.24, 2.45) is 5.92 Å². The fourth-order valence-electron chi connectivity index (χ4n) is 3.91. The predicted octanol–water partition coefficient (Wildman–Crippen LogP) is 4.37. The molecule has 1 aliphatic carbocycles. The van der Waals surface area contributed by atoms with Crippen LogP contribution in [0.4, 0.5) is 0 Å². The van der Waals surface area contributed by atoms with Gasteiger partial charge in [-0.2, -0.15) is 4.98 Å². The highest BCUT2D eigenvalue weighted by Crippen LogP contribution is 2.31. The number of ether oxygens (including phenoxy) is 2. The second-order valence-electron chi connectivity index (χ2n) is 9.14. The first-order valence-electron chi connectivity index (χ1n) is 11.1. The Kier molecular flexibility index (Phi) is 10.1. The van der Waals surface area contributed by atoms with Gasteiger partial charge in [-0.25, -0.2) is 0 Å². The number of carbonyl (C=O) groups is 1. The lowest BCUT2D eigenvalue weighted by Crippen LogP contribution is -2.25. The number of carbonyl (C=O) groups excluding carboxylic acids is 1. The molecule has 29 heavy (non-hydrogen) atoms. The molecule has 1 fully saturated rings. The number of esters is 1. The highest BCUT2D eigenvalue weighted by atomic mass is 16.6. The number of nitrogens with one attached hydrogen (secondary N) is 1. The van der Waals surface area contributed by atoms with E-state index in [9.17, 15) is 4.79 Å². The third-order valence-electron chi connectivity index (χ3n) is 5.32. The van der Waals surface area contributed by atoms with Crippen molar-refractivity contribution in [2.45, 2.75) is 96.6 Å². The van der Waals surface area contributed by atoms with Gasteiger partial charge in [0.1, 0.15) is 5.60 Å². The van der Waals surface area contributed by atoms with Crippen LogP contribution in [-0.4, -0.2) is 42.0 Å². The largest absolute Gasteiger partial charge is 0.460 e. The number of methoxy groups -OCH3 is 1. The summed E-state index contributed by atoms with van der Waals surface area (Å²) in [6.45, 7) is 7.54. The summed E-state index contributed by atoms with van der Waals surface area (Å²) in [5.74, 6) is 1.68. The highest BCUT2D eigenvalue weighted by molar-refractivity contribution is 5.70. The van der Waals surface area contributed by atoms with Gasteiger partial charge in [0, 0.05) is 19.6 Å². The van der Waals surface area contributed by atoms with Gasteiger partial charge in [0.15, 0.2) is 5.82 Å². The third kappa shape index (κ3) is 9.72. The van der Waals surface area contributed by atoms with E-state index in [0.717, 1.165) is 25.3 Å². The van der Waals surface area contributed by atoms with Crippen molar-refractivity contribution in [2.75, 3.05) is 20.3 Å².